The van der Waals surface area contributed by atoms with Crippen molar-refractivity contribution in [1.29, 1.82) is 0 Å². The number of hydrogen-bond donors (Lipinski definition) is 1. The van der Waals surface area contributed by atoms with Crippen molar-refractivity contribution in [2.24, 2.45) is 0 Å². The van der Waals surface area contributed by atoms with Crippen LogP contribution >= 0.6 is 11.6 Å². The van der Waals surface area contributed by atoms with Gasteiger partial charge in [0.2, 0.25) is 10.0 Å². The molecule has 6 nitrogen and oxygen atoms in total. The van der Waals surface area contributed by atoms with Gasteiger partial charge in [0.1, 0.15) is 5.15 Å². The largest absolute Gasteiger partial charge is 1.00 e. The number of nitrogens with two attached hydrogens (primary N) is 1. The van der Waals surface area contributed by atoms with E-state index < -0.39 is 10.0 Å². The fourth-order valence-electron chi connectivity index (χ4n) is 1.18. The second-order valence-corrected chi connectivity index (χ2v) is 5.27. The Morgan fingerprint density at radius 3 is 2.26 bits per heavy atom. The van der Waals surface area contributed by atoms with E-state index in [1.54, 1.807) is 0 Å². The summed E-state index contributed by atoms with van der Waals surface area (Å²) in [5, 5.41) is -0.0727. The van der Waals surface area contributed by atoms with Crippen molar-refractivity contribution in [1.82, 2.24) is 9.97 Å². The standard InChI is InChI=1S/C10H8ClN4O2S.K/c11-9-10(14-6-5-13-9)15-18(16,17)8-3-1-7(12)2-4-8;/h1-6H,12H2;/q-1;+1. The molecule has 0 fully saturated rings. The Hall–Kier alpha value is -0.224. The molecule has 0 radical (unpaired) electrons. The third-order valence-corrected chi connectivity index (χ3v) is 3.57. The summed E-state index contributed by atoms with van der Waals surface area (Å²) >= 11 is 5.69. The van der Waals surface area contributed by atoms with Crippen LogP contribution in [-0.2, 0) is 10.0 Å². The molecule has 2 rings (SSSR count). The molecule has 2 N–H and O–H groups in total. The first-order valence-corrected chi connectivity index (χ1v) is 6.61. The van der Waals surface area contributed by atoms with Gasteiger partial charge in [0, 0.05) is 11.9 Å². The van der Waals surface area contributed by atoms with E-state index in [4.69, 9.17) is 17.3 Å². The van der Waals surface area contributed by atoms with Crippen molar-refractivity contribution >= 4 is 33.1 Å². The molecule has 0 aliphatic rings. The summed E-state index contributed by atoms with van der Waals surface area (Å²) < 4.78 is 27.4. The van der Waals surface area contributed by atoms with E-state index in [9.17, 15) is 8.42 Å². The van der Waals surface area contributed by atoms with Crippen molar-refractivity contribution in [2.45, 2.75) is 4.90 Å². The maximum Gasteiger partial charge on any atom is 1.00 e. The SMILES string of the molecule is Nc1ccc(S(=O)(=O)[N-]c2nccnc2Cl)cc1.[K+]. The molecular formula is C10H8ClKN4O2S. The van der Waals surface area contributed by atoms with E-state index in [-0.39, 0.29) is 67.3 Å². The van der Waals surface area contributed by atoms with E-state index in [2.05, 4.69) is 14.7 Å². The van der Waals surface area contributed by atoms with Crippen molar-refractivity contribution < 1.29 is 59.8 Å². The average Bonchev–Trinajstić information content (AvgIpc) is 2.32. The maximum absolute atomic E-state index is 11.9. The second-order valence-electron chi connectivity index (χ2n) is 3.31. The first-order chi connectivity index (χ1) is 8.49. The monoisotopic (exact) mass is 322 g/mol. The molecule has 94 valence electrons. The van der Waals surface area contributed by atoms with E-state index in [1.807, 2.05) is 0 Å². The summed E-state index contributed by atoms with van der Waals surface area (Å²) in [7, 11) is -3.87. The van der Waals surface area contributed by atoms with Gasteiger partial charge in [-0.3, -0.25) is 0 Å². The van der Waals surface area contributed by atoms with Gasteiger partial charge >= 0.3 is 51.4 Å². The van der Waals surface area contributed by atoms with Crippen LogP contribution in [0.2, 0.25) is 5.15 Å². The molecule has 0 amide bonds. The fourth-order valence-corrected chi connectivity index (χ4v) is 2.33. The topological polar surface area (TPSA) is 100 Å². The molecular weight excluding hydrogens is 315 g/mol. The Balaban J connectivity index is 0.00000180. The molecule has 0 saturated carbocycles. The number of nitrogens with zero attached hydrogens (tertiary/aromatic N) is 3. The van der Waals surface area contributed by atoms with Gasteiger partial charge < -0.3 is 15.4 Å². The Morgan fingerprint density at radius 2 is 1.68 bits per heavy atom. The first-order valence-electron chi connectivity index (χ1n) is 4.79. The minimum atomic E-state index is -3.87. The summed E-state index contributed by atoms with van der Waals surface area (Å²) in [6, 6.07) is 5.66. The summed E-state index contributed by atoms with van der Waals surface area (Å²) in [5.41, 5.74) is 5.94. The van der Waals surface area contributed by atoms with Crippen LogP contribution in [0.3, 0.4) is 0 Å². The Labute approximate surface area is 158 Å². The van der Waals surface area contributed by atoms with Crippen molar-refractivity contribution in [3.05, 3.63) is 46.5 Å². The molecule has 0 saturated heterocycles. The number of halogens is 1. The van der Waals surface area contributed by atoms with E-state index in [1.165, 1.54) is 36.7 Å². The number of sulfonamides is 1. The molecule has 19 heavy (non-hydrogen) atoms. The minimum Gasteiger partial charge on any atom is -0.438 e. The van der Waals surface area contributed by atoms with Crippen LogP contribution in [0.5, 0.6) is 0 Å². The molecule has 0 atom stereocenters. The number of aromatic nitrogens is 2. The van der Waals surface area contributed by atoms with Gasteiger partial charge in [0.15, 0.2) is 0 Å². The third-order valence-electron chi connectivity index (χ3n) is 2.02. The molecule has 1 aromatic heterocycles. The number of nitrogen functional groups attached to an aromatic ring is 1. The van der Waals surface area contributed by atoms with Gasteiger partial charge in [0.05, 0.1) is 4.90 Å². The predicted octanol–water partition coefficient (Wildman–Crippen LogP) is -0.890. The Kier molecular flexibility index (Phi) is 6.18. The van der Waals surface area contributed by atoms with Gasteiger partial charge in [-0.1, -0.05) is 17.8 Å². The van der Waals surface area contributed by atoms with Crippen LogP contribution in [0.4, 0.5) is 11.5 Å². The quantitative estimate of drug-likeness (QED) is 0.583. The maximum atomic E-state index is 11.9. The summed E-state index contributed by atoms with van der Waals surface area (Å²) in [4.78, 5) is 7.45. The molecule has 1 heterocycles. The number of anilines is 1. The van der Waals surface area contributed by atoms with Crippen LogP contribution in [0.1, 0.15) is 0 Å². The zero-order valence-electron chi connectivity index (χ0n) is 9.99. The zero-order chi connectivity index (χ0) is 13.2. The smallest absolute Gasteiger partial charge is 0.438 e. The zero-order valence-corrected chi connectivity index (χ0v) is 14.7. The van der Waals surface area contributed by atoms with E-state index in [0.29, 0.717) is 5.69 Å². The summed E-state index contributed by atoms with van der Waals surface area (Å²) in [5.74, 6) is -0.143. The van der Waals surface area contributed by atoms with Crippen LogP contribution < -0.4 is 57.1 Å². The average molecular weight is 323 g/mol. The van der Waals surface area contributed by atoms with Gasteiger partial charge in [0.25, 0.3) is 0 Å². The molecule has 0 aliphatic carbocycles. The molecule has 9 heteroatoms. The van der Waals surface area contributed by atoms with E-state index in [0.717, 1.165) is 0 Å². The van der Waals surface area contributed by atoms with Crippen molar-refractivity contribution in [3.8, 4) is 0 Å². The number of rotatable bonds is 3. The Bertz CT molecular complexity index is 663. The van der Waals surface area contributed by atoms with Crippen molar-refractivity contribution in [2.75, 3.05) is 5.73 Å². The van der Waals surface area contributed by atoms with E-state index >= 15 is 0 Å². The van der Waals surface area contributed by atoms with Gasteiger partial charge in [-0.05, 0) is 30.1 Å². The molecule has 0 spiro atoms. The van der Waals surface area contributed by atoms with Gasteiger partial charge in [-0.25, -0.2) is 13.4 Å². The predicted molar refractivity (Wildman–Crippen MR) is 68.1 cm³/mol. The Morgan fingerprint density at radius 1 is 1.11 bits per heavy atom. The second kappa shape index (κ2) is 6.98. The van der Waals surface area contributed by atoms with Crippen LogP contribution in [0, 0.1) is 0 Å². The molecule has 1 aromatic carbocycles. The van der Waals surface area contributed by atoms with Crippen molar-refractivity contribution in [3.63, 3.8) is 0 Å². The molecule has 2 aromatic rings. The van der Waals surface area contributed by atoms with Crippen LogP contribution in [0.15, 0.2) is 41.6 Å². The molecule has 0 bridgehead atoms. The number of benzene rings is 1. The summed E-state index contributed by atoms with van der Waals surface area (Å²) in [6.45, 7) is 0. The van der Waals surface area contributed by atoms with Gasteiger partial charge in [-0.15, -0.1) is 0 Å². The third kappa shape index (κ3) is 4.38. The summed E-state index contributed by atoms with van der Waals surface area (Å²) in [6.07, 6.45) is 2.65. The van der Waals surface area contributed by atoms with Crippen LogP contribution in [0.25, 0.3) is 4.72 Å². The molecule has 0 unspecified atom stereocenters. The minimum absolute atomic E-state index is 0. The molecule has 0 aliphatic heterocycles. The number of hydrogen-bond acceptors (Lipinski definition) is 5. The normalized spacial score (nSPS) is 10.6. The fraction of sp³-hybridized carbons (Fsp3) is 0. The van der Waals surface area contributed by atoms with Gasteiger partial charge in [-0.2, -0.15) is 0 Å². The van der Waals surface area contributed by atoms with Crippen LogP contribution in [-0.4, -0.2) is 18.4 Å². The first kappa shape index (κ1) is 16.8.